The molecule has 0 saturated carbocycles. The Kier molecular flexibility index (Phi) is 6.37. The molecule has 1 aromatic carbocycles. The van der Waals surface area contributed by atoms with Crippen molar-refractivity contribution in [3.63, 3.8) is 0 Å². The molecule has 0 saturated heterocycles. The highest BCUT2D eigenvalue weighted by Crippen LogP contribution is 2.20. The van der Waals surface area contributed by atoms with E-state index in [-0.39, 0.29) is 5.91 Å². The number of amides is 1. The first-order valence-corrected chi connectivity index (χ1v) is 6.90. The number of rotatable bonds is 6. The van der Waals surface area contributed by atoms with E-state index in [1.54, 1.807) is 0 Å². The summed E-state index contributed by atoms with van der Waals surface area (Å²) in [6.45, 7) is 3.07. The molecule has 1 amide bonds. The molecule has 0 radical (unpaired) electrons. The van der Waals surface area contributed by atoms with Gasteiger partial charge in [-0.3, -0.25) is 9.69 Å². The lowest BCUT2D eigenvalue weighted by Gasteiger charge is -2.27. The molecule has 0 aromatic heterocycles. The second-order valence-electron chi connectivity index (χ2n) is 5.32. The van der Waals surface area contributed by atoms with Gasteiger partial charge in [-0.2, -0.15) is 13.2 Å². The lowest BCUT2D eigenvalue weighted by Crippen LogP contribution is -2.48. The van der Waals surface area contributed by atoms with E-state index in [4.69, 9.17) is 5.11 Å². The molecule has 0 spiro atoms. The number of carbonyl (C=O) groups excluding carboxylic acids is 1. The quantitative estimate of drug-likeness (QED) is 0.842. The van der Waals surface area contributed by atoms with Crippen molar-refractivity contribution >= 4 is 5.91 Å². The van der Waals surface area contributed by atoms with Crippen LogP contribution in [0.2, 0.25) is 0 Å². The fourth-order valence-corrected chi connectivity index (χ4v) is 1.87. The summed E-state index contributed by atoms with van der Waals surface area (Å²) in [6, 6.07) is 6.74. The van der Waals surface area contributed by atoms with E-state index in [0.29, 0.717) is 6.54 Å². The molecule has 0 heterocycles. The van der Waals surface area contributed by atoms with Crippen LogP contribution < -0.4 is 5.32 Å². The number of nitrogens with zero attached hydrogens (tertiary/aromatic N) is 1. The van der Waals surface area contributed by atoms with Crippen molar-refractivity contribution in [2.24, 2.45) is 0 Å². The van der Waals surface area contributed by atoms with Gasteiger partial charge in [0.05, 0.1) is 6.04 Å². The molecule has 2 N–H and O–H groups in total. The Labute approximate surface area is 127 Å². The maximum atomic E-state index is 12.3. The maximum absolute atomic E-state index is 12.3. The van der Waals surface area contributed by atoms with Gasteiger partial charge < -0.3 is 10.4 Å². The molecule has 22 heavy (non-hydrogen) atoms. The monoisotopic (exact) mass is 318 g/mol. The first-order chi connectivity index (χ1) is 10.1. The number of aryl methyl sites for hydroxylation is 1. The number of carbonyl (C=O) groups is 1. The predicted octanol–water partition coefficient (Wildman–Crippen LogP) is 1.85. The largest absolute Gasteiger partial charge is 0.415 e. The van der Waals surface area contributed by atoms with Crippen molar-refractivity contribution in [2.75, 3.05) is 13.6 Å². The van der Waals surface area contributed by atoms with E-state index < -0.39 is 24.9 Å². The summed E-state index contributed by atoms with van der Waals surface area (Å²) < 4.78 is 36.9. The highest BCUT2D eigenvalue weighted by molar-refractivity contribution is 5.81. The van der Waals surface area contributed by atoms with Crippen LogP contribution in [-0.4, -0.2) is 47.8 Å². The molecule has 0 aliphatic heterocycles. The van der Waals surface area contributed by atoms with Crippen LogP contribution in [0, 0.1) is 6.92 Å². The Morgan fingerprint density at radius 3 is 2.50 bits per heavy atom. The number of nitrogens with one attached hydrogen (secondary N) is 1. The summed E-state index contributed by atoms with van der Waals surface area (Å²) in [7, 11) is 1.37. The van der Waals surface area contributed by atoms with Gasteiger partial charge in [0.2, 0.25) is 5.91 Å². The Morgan fingerprint density at radius 2 is 1.95 bits per heavy atom. The Bertz CT molecular complexity index is 506. The average Bonchev–Trinajstić information content (AvgIpc) is 2.44. The third kappa shape index (κ3) is 5.31. The fraction of sp³-hybridized carbons (Fsp3) is 0.533. The number of halogens is 3. The third-order valence-corrected chi connectivity index (χ3v) is 3.59. The van der Waals surface area contributed by atoms with E-state index in [1.807, 2.05) is 31.2 Å². The minimum atomic E-state index is -4.69. The van der Waals surface area contributed by atoms with E-state index in [0.717, 1.165) is 11.1 Å². The van der Waals surface area contributed by atoms with Crippen molar-refractivity contribution in [1.29, 1.82) is 0 Å². The molecule has 1 rings (SSSR count). The molecular formula is C15H21F3N2O2. The summed E-state index contributed by atoms with van der Waals surface area (Å²) in [4.78, 5) is 13.2. The van der Waals surface area contributed by atoms with Gasteiger partial charge in [0, 0.05) is 13.1 Å². The number of aliphatic hydroxyl groups is 1. The average molecular weight is 318 g/mol. The summed E-state index contributed by atoms with van der Waals surface area (Å²) in [5.41, 5.74) is 1.97. The van der Waals surface area contributed by atoms with Crippen molar-refractivity contribution in [1.82, 2.24) is 10.2 Å². The number of alkyl halides is 3. The zero-order valence-corrected chi connectivity index (χ0v) is 12.8. The second-order valence-corrected chi connectivity index (χ2v) is 5.32. The Morgan fingerprint density at radius 1 is 1.36 bits per heavy atom. The van der Waals surface area contributed by atoms with E-state index in [1.165, 1.54) is 18.9 Å². The zero-order valence-electron chi connectivity index (χ0n) is 12.8. The van der Waals surface area contributed by atoms with E-state index >= 15 is 0 Å². The zero-order chi connectivity index (χ0) is 16.9. The van der Waals surface area contributed by atoms with Gasteiger partial charge in [-0.25, -0.2) is 0 Å². The highest BCUT2D eigenvalue weighted by Gasteiger charge is 2.39. The van der Waals surface area contributed by atoms with Crippen LogP contribution in [0.4, 0.5) is 13.2 Å². The Hall–Kier alpha value is -1.60. The third-order valence-electron chi connectivity index (χ3n) is 3.59. The standard InChI is InChI=1S/C15H21F3N2O2/c1-10-6-4-5-7-12(10)8-19-14(22)11(2)20(3)9-13(21)15(16,17)18/h4-7,11,13,21H,8-9H2,1-3H3,(H,19,22). The molecule has 0 aliphatic carbocycles. The van der Waals surface area contributed by atoms with Crippen molar-refractivity contribution in [2.45, 2.75) is 38.7 Å². The van der Waals surface area contributed by atoms with Gasteiger partial charge in [0.15, 0.2) is 6.10 Å². The van der Waals surface area contributed by atoms with Crippen LogP contribution >= 0.6 is 0 Å². The topological polar surface area (TPSA) is 52.6 Å². The van der Waals surface area contributed by atoms with Gasteiger partial charge in [-0.1, -0.05) is 24.3 Å². The van der Waals surface area contributed by atoms with Gasteiger partial charge >= 0.3 is 6.18 Å². The molecule has 2 atom stereocenters. The molecule has 0 bridgehead atoms. The minimum Gasteiger partial charge on any atom is -0.382 e. The van der Waals surface area contributed by atoms with Gasteiger partial charge in [-0.15, -0.1) is 0 Å². The van der Waals surface area contributed by atoms with E-state index in [2.05, 4.69) is 5.32 Å². The smallest absolute Gasteiger partial charge is 0.382 e. The van der Waals surface area contributed by atoms with Gasteiger partial charge in [0.1, 0.15) is 0 Å². The Balaban J connectivity index is 2.53. The summed E-state index contributed by atoms with van der Waals surface area (Å²) in [5, 5.41) is 11.7. The van der Waals surface area contributed by atoms with E-state index in [9.17, 15) is 18.0 Å². The normalized spacial score (nSPS) is 14.7. The first kappa shape index (κ1) is 18.4. The molecule has 1 aromatic rings. The number of likely N-dealkylation sites (N-methyl/N-ethyl adjacent to an activating group) is 1. The lowest BCUT2D eigenvalue weighted by molar-refractivity contribution is -0.208. The number of hydrogen-bond donors (Lipinski definition) is 2. The second kappa shape index (κ2) is 7.60. The molecule has 124 valence electrons. The maximum Gasteiger partial charge on any atom is 0.415 e. The van der Waals surface area contributed by atoms with Gasteiger partial charge in [-0.05, 0) is 32.0 Å². The summed E-state index contributed by atoms with van der Waals surface area (Å²) in [6.07, 6.45) is -7.16. The molecule has 2 unspecified atom stereocenters. The number of hydrogen-bond acceptors (Lipinski definition) is 3. The molecule has 7 heteroatoms. The molecular weight excluding hydrogens is 297 g/mol. The summed E-state index contributed by atoms with van der Waals surface area (Å²) in [5.74, 6) is -0.389. The van der Waals surface area contributed by atoms with Crippen LogP contribution in [0.3, 0.4) is 0 Å². The van der Waals surface area contributed by atoms with Crippen LogP contribution in [0.5, 0.6) is 0 Å². The van der Waals surface area contributed by atoms with Crippen LogP contribution in [-0.2, 0) is 11.3 Å². The molecule has 0 aliphatic rings. The van der Waals surface area contributed by atoms with Crippen LogP contribution in [0.25, 0.3) is 0 Å². The molecule has 0 fully saturated rings. The summed E-state index contributed by atoms with van der Waals surface area (Å²) >= 11 is 0. The van der Waals surface area contributed by atoms with Gasteiger partial charge in [0.25, 0.3) is 0 Å². The SMILES string of the molecule is Cc1ccccc1CNC(=O)C(C)N(C)CC(O)C(F)(F)F. The molecule has 4 nitrogen and oxygen atoms in total. The number of aliphatic hydroxyl groups excluding tert-OH is 1. The first-order valence-electron chi connectivity index (χ1n) is 6.90. The van der Waals surface area contributed by atoms with Crippen molar-refractivity contribution in [3.05, 3.63) is 35.4 Å². The highest BCUT2D eigenvalue weighted by atomic mass is 19.4. The number of benzene rings is 1. The fourth-order valence-electron chi connectivity index (χ4n) is 1.87. The minimum absolute atomic E-state index is 0.311. The van der Waals surface area contributed by atoms with Crippen molar-refractivity contribution < 1.29 is 23.1 Å². The lowest BCUT2D eigenvalue weighted by atomic mass is 10.1. The van der Waals surface area contributed by atoms with Crippen LogP contribution in [0.15, 0.2) is 24.3 Å². The van der Waals surface area contributed by atoms with Crippen LogP contribution in [0.1, 0.15) is 18.1 Å². The predicted molar refractivity (Wildman–Crippen MR) is 77.2 cm³/mol. The van der Waals surface area contributed by atoms with Crippen molar-refractivity contribution in [3.8, 4) is 0 Å².